The molecule has 4 aromatic rings. The minimum Gasteiger partial charge on any atom is -0.423 e. The predicted molar refractivity (Wildman–Crippen MR) is 127 cm³/mol. The van der Waals surface area contributed by atoms with E-state index in [-0.39, 0.29) is 7.43 Å². The smallest absolute Gasteiger partial charge is 0.423 e. The van der Waals surface area contributed by atoms with Gasteiger partial charge in [-0.3, -0.25) is 0 Å². The van der Waals surface area contributed by atoms with Gasteiger partial charge in [0.05, 0.1) is 5.69 Å². The second-order valence-electron chi connectivity index (χ2n) is 6.18. The summed E-state index contributed by atoms with van der Waals surface area (Å²) in [5.41, 5.74) is 4.53. The summed E-state index contributed by atoms with van der Waals surface area (Å²) in [6.07, 6.45) is 3.04. The van der Waals surface area contributed by atoms with Crippen LogP contribution in [0.2, 0.25) is 5.15 Å². The Labute approximate surface area is 188 Å². The quantitative estimate of drug-likeness (QED) is 0.366. The fraction of sp³-hybridized carbons (Fsp3) is 0.130. The van der Waals surface area contributed by atoms with E-state index in [0.717, 1.165) is 22.6 Å². The molecule has 4 rings (SSSR count). The molecule has 31 heavy (non-hydrogen) atoms. The van der Waals surface area contributed by atoms with E-state index in [2.05, 4.69) is 19.9 Å². The van der Waals surface area contributed by atoms with Crippen molar-refractivity contribution in [3.8, 4) is 11.3 Å². The third kappa shape index (κ3) is 9.95. The van der Waals surface area contributed by atoms with Gasteiger partial charge in [0.1, 0.15) is 17.8 Å². The molecule has 2 aromatic carbocycles. The van der Waals surface area contributed by atoms with Crippen LogP contribution in [0.25, 0.3) is 11.3 Å². The molecule has 0 aliphatic heterocycles. The summed E-state index contributed by atoms with van der Waals surface area (Å²) in [5, 5.41) is 17.7. The number of hydrogen-bond acceptors (Lipinski definition) is 6. The van der Waals surface area contributed by atoms with E-state index < -0.39 is 7.12 Å². The minimum absolute atomic E-state index is 0. The zero-order valence-electron chi connectivity index (χ0n) is 16.7. The molecule has 0 radical (unpaired) electrons. The van der Waals surface area contributed by atoms with Crippen molar-refractivity contribution in [2.24, 2.45) is 0 Å². The Morgan fingerprint density at radius 1 is 0.710 bits per heavy atom. The zero-order chi connectivity index (χ0) is 21.8. The van der Waals surface area contributed by atoms with Gasteiger partial charge >= 0.3 is 7.12 Å². The lowest BCUT2D eigenvalue weighted by Gasteiger charge is -1.99. The maximum atomic E-state index is 8.58. The molecule has 0 amide bonds. The summed E-state index contributed by atoms with van der Waals surface area (Å²) in [4.78, 5) is 15.8. The minimum atomic E-state index is -1.34. The molecule has 8 heteroatoms. The van der Waals surface area contributed by atoms with E-state index >= 15 is 0 Å². The van der Waals surface area contributed by atoms with Gasteiger partial charge in [0.25, 0.3) is 0 Å². The number of halogens is 1. The molecule has 160 valence electrons. The Hall–Kier alpha value is -3.13. The van der Waals surface area contributed by atoms with Gasteiger partial charge in [-0.2, -0.15) is 0 Å². The van der Waals surface area contributed by atoms with Crippen molar-refractivity contribution in [2.45, 2.75) is 21.3 Å². The summed E-state index contributed by atoms with van der Waals surface area (Å²) in [7, 11) is -1.34. The third-order valence-corrected chi connectivity index (χ3v) is 3.95. The molecule has 0 aliphatic rings. The van der Waals surface area contributed by atoms with Gasteiger partial charge in [0.2, 0.25) is 0 Å². The van der Waals surface area contributed by atoms with E-state index in [1.54, 1.807) is 36.7 Å². The van der Waals surface area contributed by atoms with Crippen LogP contribution in [-0.4, -0.2) is 37.1 Å². The summed E-state index contributed by atoms with van der Waals surface area (Å²) in [6, 6.07) is 22.4. The highest BCUT2D eigenvalue weighted by Gasteiger charge is 2.07. The highest BCUT2D eigenvalue weighted by Crippen LogP contribution is 2.15. The van der Waals surface area contributed by atoms with Crippen LogP contribution in [-0.2, 0) is 0 Å². The summed E-state index contributed by atoms with van der Waals surface area (Å²) >= 11 is 5.49. The Kier molecular flexibility index (Phi) is 11.7. The second kappa shape index (κ2) is 14.0. The molecule has 0 fully saturated rings. The first kappa shape index (κ1) is 25.9. The fourth-order valence-electron chi connectivity index (χ4n) is 2.27. The molecular formula is C23H26BClN4O2. The van der Waals surface area contributed by atoms with Crippen molar-refractivity contribution in [1.82, 2.24) is 19.9 Å². The summed E-state index contributed by atoms with van der Waals surface area (Å²) < 4.78 is 0. The average molecular weight is 437 g/mol. The molecule has 0 atom stereocenters. The first-order chi connectivity index (χ1) is 14.5. The van der Waals surface area contributed by atoms with E-state index in [4.69, 9.17) is 21.6 Å². The number of aromatic nitrogens is 4. The molecular weight excluding hydrogens is 411 g/mol. The van der Waals surface area contributed by atoms with Gasteiger partial charge in [-0.25, -0.2) is 19.9 Å². The molecule has 0 saturated carbocycles. The third-order valence-electron chi connectivity index (χ3n) is 3.74. The lowest BCUT2D eigenvalue weighted by atomic mass is 9.81. The van der Waals surface area contributed by atoms with Crippen LogP contribution in [0, 0.1) is 13.8 Å². The van der Waals surface area contributed by atoms with E-state index in [1.807, 2.05) is 56.3 Å². The van der Waals surface area contributed by atoms with Gasteiger partial charge in [-0.1, -0.05) is 79.7 Å². The molecule has 2 aromatic heterocycles. The van der Waals surface area contributed by atoms with E-state index in [9.17, 15) is 0 Å². The van der Waals surface area contributed by atoms with E-state index in [0.29, 0.717) is 10.6 Å². The van der Waals surface area contributed by atoms with Gasteiger partial charge in [-0.05, 0) is 31.4 Å². The predicted octanol–water partition coefficient (Wildman–Crippen LogP) is 3.89. The van der Waals surface area contributed by atoms with Crippen LogP contribution >= 0.6 is 11.6 Å². The van der Waals surface area contributed by atoms with Crippen molar-refractivity contribution in [3.63, 3.8) is 0 Å². The van der Waals surface area contributed by atoms with Crippen molar-refractivity contribution >= 4 is 24.2 Å². The monoisotopic (exact) mass is 436 g/mol. The zero-order valence-corrected chi connectivity index (χ0v) is 17.5. The SMILES string of the molecule is C.Cc1cc(-c2ccccc2)ncn1.Cc1cc(Cl)ncn1.OB(O)c1ccccc1. The number of hydrogen-bond donors (Lipinski definition) is 2. The second-order valence-corrected chi connectivity index (χ2v) is 6.56. The Balaban J connectivity index is 0.000000238. The first-order valence-corrected chi connectivity index (χ1v) is 9.53. The summed E-state index contributed by atoms with van der Waals surface area (Å²) in [5.74, 6) is 0. The summed E-state index contributed by atoms with van der Waals surface area (Å²) in [6.45, 7) is 3.84. The lowest BCUT2D eigenvalue weighted by Crippen LogP contribution is -2.29. The van der Waals surface area contributed by atoms with Gasteiger partial charge in [-0.15, -0.1) is 0 Å². The van der Waals surface area contributed by atoms with Crippen LogP contribution in [0.1, 0.15) is 18.8 Å². The average Bonchev–Trinajstić information content (AvgIpc) is 2.76. The van der Waals surface area contributed by atoms with Crippen molar-refractivity contribution in [1.29, 1.82) is 0 Å². The van der Waals surface area contributed by atoms with Crippen LogP contribution in [0.3, 0.4) is 0 Å². The Morgan fingerprint density at radius 3 is 1.65 bits per heavy atom. The largest absolute Gasteiger partial charge is 0.488 e. The standard InChI is InChI=1S/C11H10N2.C6H7BO2.C5H5ClN2.CH4/c1-9-7-11(13-8-12-9)10-5-3-2-4-6-10;8-7(9)6-4-2-1-3-5-6;1-4-2-5(6)8-3-7-4;/h2-8H,1H3;1-5,8-9H;2-3H,1H3;1H4. The molecule has 2 heterocycles. The lowest BCUT2D eigenvalue weighted by molar-refractivity contribution is 0.426. The normalized spacial score (nSPS) is 9.19. The van der Waals surface area contributed by atoms with Crippen molar-refractivity contribution < 1.29 is 10.0 Å². The molecule has 0 aliphatic carbocycles. The van der Waals surface area contributed by atoms with E-state index in [1.165, 1.54) is 6.33 Å². The molecule has 0 saturated heterocycles. The number of nitrogens with zero attached hydrogens (tertiary/aromatic N) is 4. The molecule has 0 bridgehead atoms. The van der Waals surface area contributed by atoms with Crippen molar-refractivity contribution in [2.75, 3.05) is 0 Å². The Bertz CT molecular complexity index is 1000. The van der Waals surface area contributed by atoms with Crippen LogP contribution in [0.15, 0.2) is 85.5 Å². The van der Waals surface area contributed by atoms with Crippen LogP contribution in [0.5, 0.6) is 0 Å². The molecule has 0 spiro atoms. The maximum absolute atomic E-state index is 8.58. The number of benzene rings is 2. The first-order valence-electron chi connectivity index (χ1n) is 9.15. The van der Waals surface area contributed by atoms with Crippen LogP contribution < -0.4 is 5.46 Å². The topological polar surface area (TPSA) is 92.0 Å². The van der Waals surface area contributed by atoms with Crippen LogP contribution in [0.4, 0.5) is 0 Å². The molecule has 2 N–H and O–H groups in total. The fourth-order valence-corrected chi connectivity index (χ4v) is 2.47. The van der Waals surface area contributed by atoms with Gasteiger partial charge in [0, 0.05) is 17.0 Å². The molecule has 6 nitrogen and oxygen atoms in total. The van der Waals surface area contributed by atoms with Gasteiger partial charge in [0.15, 0.2) is 0 Å². The van der Waals surface area contributed by atoms with Crippen molar-refractivity contribution in [3.05, 3.63) is 102 Å². The maximum Gasteiger partial charge on any atom is 0.488 e. The highest BCUT2D eigenvalue weighted by atomic mass is 35.5. The number of rotatable bonds is 2. The molecule has 0 unspecified atom stereocenters. The number of aryl methyl sites for hydroxylation is 2. The Morgan fingerprint density at radius 2 is 1.23 bits per heavy atom. The van der Waals surface area contributed by atoms with Gasteiger partial charge < -0.3 is 10.0 Å². The highest BCUT2D eigenvalue weighted by molar-refractivity contribution is 6.58.